The highest BCUT2D eigenvalue weighted by Crippen LogP contribution is 1.96. The van der Waals surface area contributed by atoms with E-state index in [1.165, 1.54) is 0 Å². The lowest BCUT2D eigenvalue weighted by atomic mass is 10.4. The van der Waals surface area contributed by atoms with E-state index in [0.717, 1.165) is 12.0 Å². The van der Waals surface area contributed by atoms with E-state index < -0.39 is 0 Å². The normalized spacial score (nSPS) is 8.36. The van der Waals surface area contributed by atoms with Crippen LogP contribution in [0.1, 0.15) is 30.0 Å². The van der Waals surface area contributed by atoms with Gasteiger partial charge in [0.2, 0.25) is 0 Å². The van der Waals surface area contributed by atoms with Crippen LogP contribution < -0.4 is 0 Å². The molecule has 0 saturated heterocycles. The zero-order valence-corrected chi connectivity index (χ0v) is 7.46. The molecule has 3 nitrogen and oxygen atoms in total. The SMILES string of the molecule is CC.Cc1cc(C=O)n(C)n1. The number of carbonyl (C=O) groups excluding carboxylic acids is 1. The molecule has 0 unspecified atom stereocenters. The van der Waals surface area contributed by atoms with Gasteiger partial charge >= 0.3 is 0 Å². The monoisotopic (exact) mass is 154 g/mol. The number of hydrogen-bond acceptors (Lipinski definition) is 2. The van der Waals surface area contributed by atoms with Crippen LogP contribution in [0.15, 0.2) is 6.07 Å². The van der Waals surface area contributed by atoms with Gasteiger partial charge < -0.3 is 0 Å². The van der Waals surface area contributed by atoms with Crippen molar-refractivity contribution in [3.63, 3.8) is 0 Å². The van der Waals surface area contributed by atoms with Gasteiger partial charge in [-0.1, -0.05) is 13.8 Å². The summed E-state index contributed by atoms with van der Waals surface area (Å²) in [6.07, 6.45) is 0.792. The first-order chi connectivity index (χ1) is 5.24. The van der Waals surface area contributed by atoms with Gasteiger partial charge in [0.05, 0.1) is 5.69 Å². The Morgan fingerprint density at radius 3 is 2.27 bits per heavy atom. The maximum atomic E-state index is 10.2. The second kappa shape index (κ2) is 4.66. The third-order valence-corrected chi connectivity index (χ3v) is 1.16. The van der Waals surface area contributed by atoms with Crippen LogP contribution in [-0.2, 0) is 7.05 Å². The predicted molar refractivity (Wildman–Crippen MR) is 44.7 cm³/mol. The third-order valence-electron chi connectivity index (χ3n) is 1.16. The van der Waals surface area contributed by atoms with Crippen molar-refractivity contribution < 1.29 is 4.79 Å². The van der Waals surface area contributed by atoms with Gasteiger partial charge in [0.15, 0.2) is 6.29 Å². The van der Waals surface area contributed by atoms with Crippen molar-refractivity contribution in [2.45, 2.75) is 20.8 Å². The summed E-state index contributed by atoms with van der Waals surface area (Å²) in [4.78, 5) is 10.2. The van der Waals surface area contributed by atoms with E-state index >= 15 is 0 Å². The minimum Gasteiger partial charge on any atom is -0.296 e. The first-order valence-corrected chi connectivity index (χ1v) is 3.70. The minimum atomic E-state index is 0.618. The van der Waals surface area contributed by atoms with Crippen molar-refractivity contribution in [3.8, 4) is 0 Å². The van der Waals surface area contributed by atoms with E-state index in [2.05, 4.69) is 5.10 Å². The van der Waals surface area contributed by atoms with Crippen LogP contribution in [0.3, 0.4) is 0 Å². The van der Waals surface area contributed by atoms with Gasteiger partial charge in [0, 0.05) is 7.05 Å². The molecule has 0 fully saturated rings. The van der Waals surface area contributed by atoms with Gasteiger partial charge in [0.1, 0.15) is 5.69 Å². The van der Waals surface area contributed by atoms with E-state index in [-0.39, 0.29) is 0 Å². The Bertz CT molecular complexity index is 228. The van der Waals surface area contributed by atoms with Crippen LogP contribution in [0.5, 0.6) is 0 Å². The molecule has 0 saturated carbocycles. The summed E-state index contributed by atoms with van der Waals surface area (Å²) in [5.74, 6) is 0. The predicted octanol–water partition coefficient (Wildman–Crippen LogP) is 1.57. The van der Waals surface area contributed by atoms with Gasteiger partial charge in [-0.05, 0) is 13.0 Å². The Hall–Kier alpha value is -1.12. The van der Waals surface area contributed by atoms with Crippen LogP contribution >= 0.6 is 0 Å². The number of rotatable bonds is 1. The van der Waals surface area contributed by atoms with Crippen LogP contribution in [0.2, 0.25) is 0 Å². The van der Waals surface area contributed by atoms with Gasteiger partial charge in [-0.2, -0.15) is 5.10 Å². The Kier molecular flexibility index (Phi) is 4.18. The van der Waals surface area contributed by atoms with Crippen molar-refractivity contribution >= 4 is 6.29 Å². The van der Waals surface area contributed by atoms with Crippen LogP contribution in [0.4, 0.5) is 0 Å². The highest BCUT2D eigenvalue weighted by molar-refractivity contribution is 5.72. The summed E-state index contributed by atoms with van der Waals surface area (Å²) in [6, 6.07) is 1.74. The summed E-state index contributed by atoms with van der Waals surface area (Å²) < 4.78 is 1.56. The number of aldehydes is 1. The molecule has 3 heteroatoms. The maximum absolute atomic E-state index is 10.2. The molecule has 0 aromatic carbocycles. The molecule has 0 aliphatic heterocycles. The summed E-state index contributed by atoms with van der Waals surface area (Å²) in [7, 11) is 1.75. The lowest BCUT2D eigenvalue weighted by Crippen LogP contribution is -1.95. The molecule has 1 aromatic rings. The fourth-order valence-corrected chi connectivity index (χ4v) is 0.741. The van der Waals surface area contributed by atoms with Crippen molar-refractivity contribution in [1.82, 2.24) is 9.78 Å². The lowest BCUT2D eigenvalue weighted by molar-refractivity contribution is 0.111. The fraction of sp³-hybridized carbons (Fsp3) is 0.500. The number of hydrogen-bond donors (Lipinski definition) is 0. The van der Waals surface area contributed by atoms with Crippen molar-refractivity contribution in [2.75, 3.05) is 0 Å². The molecular formula is C8H14N2O. The van der Waals surface area contributed by atoms with Crippen LogP contribution in [0, 0.1) is 6.92 Å². The van der Waals surface area contributed by atoms with E-state index in [9.17, 15) is 4.79 Å². The second-order valence-corrected chi connectivity index (χ2v) is 1.95. The Morgan fingerprint density at radius 1 is 1.55 bits per heavy atom. The van der Waals surface area contributed by atoms with E-state index in [1.807, 2.05) is 20.8 Å². The zero-order chi connectivity index (χ0) is 8.85. The maximum Gasteiger partial charge on any atom is 0.168 e. The highest BCUT2D eigenvalue weighted by Gasteiger charge is 1.96. The molecule has 0 aliphatic carbocycles. The molecule has 11 heavy (non-hydrogen) atoms. The second-order valence-electron chi connectivity index (χ2n) is 1.95. The van der Waals surface area contributed by atoms with Gasteiger partial charge in [-0.3, -0.25) is 9.48 Å². The first-order valence-electron chi connectivity index (χ1n) is 3.70. The Morgan fingerprint density at radius 2 is 2.09 bits per heavy atom. The van der Waals surface area contributed by atoms with E-state index in [0.29, 0.717) is 5.69 Å². The van der Waals surface area contributed by atoms with E-state index in [1.54, 1.807) is 17.8 Å². The van der Waals surface area contributed by atoms with Gasteiger partial charge in [0.25, 0.3) is 0 Å². The average Bonchev–Trinajstić information content (AvgIpc) is 2.33. The fourth-order valence-electron chi connectivity index (χ4n) is 0.741. The summed E-state index contributed by atoms with van der Waals surface area (Å²) in [5.41, 5.74) is 1.49. The smallest absolute Gasteiger partial charge is 0.168 e. The summed E-state index contributed by atoms with van der Waals surface area (Å²) >= 11 is 0. The highest BCUT2D eigenvalue weighted by atomic mass is 16.1. The zero-order valence-electron chi connectivity index (χ0n) is 7.46. The van der Waals surface area contributed by atoms with Gasteiger partial charge in [-0.15, -0.1) is 0 Å². The molecule has 0 atom stereocenters. The molecular weight excluding hydrogens is 140 g/mol. The molecule has 62 valence electrons. The topological polar surface area (TPSA) is 34.9 Å². The molecule has 0 N–H and O–H groups in total. The number of nitrogens with zero attached hydrogens (tertiary/aromatic N) is 2. The summed E-state index contributed by atoms with van der Waals surface area (Å²) in [6.45, 7) is 5.85. The molecule has 1 heterocycles. The Labute approximate surface area is 67.0 Å². The lowest BCUT2D eigenvalue weighted by Gasteiger charge is -1.86. The number of aromatic nitrogens is 2. The molecule has 0 bridgehead atoms. The Balaban J connectivity index is 0.000000461. The molecule has 0 aliphatic rings. The quantitative estimate of drug-likeness (QED) is 0.575. The van der Waals surface area contributed by atoms with E-state index in [4.69, 9.17) is 0 Å². The van der Waals surface area contributed by atoms with Crippen LogP contribution in [-0.4, -0.2) is 16.1 Å². The average molecular weight is 154 g/mol. The van der Waals surface area contributed by atoms with Gasteiger partial charge in [-0.25, -0.2) is 0 Å². The van der Waals surface area contributed by atoms with Crippen molar-refractivity contribution in [3.05, 3.63) is 17.5 Å². The largest absolute Gasteiger partial charge is 0.296 e. The van der Waals surface area contributed by atoms with Crippen molar-refractivity contribution in [1.29, 1.82) is 0 Å². The summed E-state index contributed by atoms with van der Waals surface area (Å²) in [5, 5.41) is 3.97. The molecule has 1 aromatic heterocycles. The molecule has 0 radical (unpaired) electrons. The standard InChI is InChI=1S/C6H8N2O.C2H6/c1-5-3-6(4-9)8(2)7-5;1-2/h3-4H,1-2H3;1-2H3. The number of carbonyl (C=O) groups is 1. The van der Waals surface area contributed by atoms with Crippen LogP contribution in [0.25, 0.3) is 0 Å². The molecule has 0 spiro atoms. The number of aryl methyl sites for hydroxylation is 2. The minimum absolute atomic E-state index is 0.618. The first kappa shape index (κ1) is 9.88. The molecule has 0 amide bonds. The third kappa shape index (κ3) is 2.53. The van der Waals surface area contributed by atoms with Crippen molar-refractivity contribution in [2.24, 2.45) is 7.05 Å². The molecule has 1 rings (SSSR count).